The molecule has 0 atom stereocenters. The molecule has 2 N–H and O–H groups in total. The van der Waals surface area contributed by atoms with Gasteiger partial charge in [-0.2, -0.15) is 9.10 Å². The number of hydrogen-bond acceptors (Lipinski definition) is 6. The Morgan fingerprint density at radius 3 is 2.41 bits per heavy atom. The number of nitrogens with zero attached hydrogens (tertiary/aromatic N) is 5. The fraction of sp³-hybridized carbons (Fsp3) is 0.364. The zero-order chi connectivity index (χ0) is 22.9. The summed E-state index contributed by atoms with van der Waals surface area (Å²) in [5, 5.41) is 12.6. The average molecular weight is 455 g/mol. The second-order valence-corrected chi connectivity index (χ2v) is 10.1. The Kier molecular flexibility index (Phi) is 5.83. The Hall–Kier alpha value is -3.11. The summed E-state index contributed by atoms with van der Waals surface area (Å²) < 4.78 is 28.2. The quantitative estimate of drug-likeness (QED) is 0.603. The van der Waals surface area contributed by atoms with E-state index in [-0.39, 0.29) is 6.54 Å². The lowest BCUT2D eigenvalue weighted by molar-refractivity contribution is -0.119. The number of sulfonamides is 1. The van der Waals surface area contributed by atoms with Crippen LogP contribution in [0.25, 0.3) is 0 Å². The highest BCUT2D eigenvalue weighted by atomic mass is 32.2. The first-order chi connectivity index (χ1) is 15.2. The highest BCUT2D eigenvalue weighted by Gasteiger charge is 2.44. The highest BCUT2D eigenvalue weighted by molar-refractivity contribution is 7.89. The lowest BCUT2D eigenvalue weighted by atomic mass is 9.72. The number of tetrazole rings is 1. The number of piperidine rings is 1. The van der Waals surface area contributed by atoms with Crippen LogP contribution in [0, 0.1) is 13.8 Å². The number of amides is 1. The van der Waals surface area contributed by atoms with Gasteiger partial charge in [-0.05, 0) is 49.1 Å². The minimum absolute atomic E-state index is 0.162. The number of hydrogen-bond donors (Lipinski definition) is 1. The van der Waals surface area contributed by atoms with Crippen molar-refractivity contribution in [1.82, 2.24) is 24.5 Å². The van der Waals surface area contributed by atoms with Crippen molar-refractivity contribution < 1.29 is 13.2 Å². The summed E-state index contributed by atoms with van der Waals surface area (Å²) in [7, 11) is -3.62. The first-order valence-electron chi connectivity index (χ1n) is 10.4. The van der Waals surface area contributed by atoms with E-state index in [0.29, 0.717) is 36.7 Å². The topological polar surface area (TPSA) is 124 Å². The minimum Gasteiger partial charge on any atom is -0.368 e. The van der Waals surface area contributed by atoms with E-state index in [2.05, 4.69) is 15.4 Å². The zero-order valence-corrected chi connectivity index (χ0v) is 18.9. The van der Waals surface area contributed by atoms with Crippen LogP contribution in [0.2, 0.25) is 0 Å². The van der Waals surface area contributed by atoms with Crippen LogP contribution in [-0.4, -0.2) is 51.9 Å². The molecule has 10 heteroatoms. The molecule has 0 bridgehead atoms. The molecule has 4 rings (SSSR count). The lowest BCUT2D eigenvalue weighted by Gasteiger charge is -2.39. The first-order valence-corrected chi connectivity index (χ1v) is 11.9. The third kappa shape index (κ3) is 4.03. The Morgan fingerprint density at radius 1 is 1.09 bits per heavy atom. The van der Waals surface area contributed by atoms with Gasteiger partial charge in [-0.15, -0.1) is 10.2 Å². The maximum absolute atomic E-state index is 13.4. The van der Waals surface area contributed by atoms with Crippen molar-refractivity contribution in [3.8, 4) is 0 Å². The summed E-state index contributed by atoms with van der Waals surface area (Å²) in [5.41, 5.74) is 7.40. The van der Waals surface area contributed by atoms with Gasteiger partial charge < -0.3 is 5.73 Å². The van der Waals surface area contributed by atoms with Crippen LogP contribution in [0.1, 0.15) is 35.4 Å². The number of aryl methyl sites for hydroxylation is 2. The molecule has 0 unspecified atom stereocenters. The fourth-order valence-electron chi connectivity index (χ4n) is 4.38. The minimum atomic E-state index is -3.62. The van der Waals surface area contributed by atoms with Crippen LogP contribution in [0.15, 0.2) is 53.4 Å². The molecule has 2 aromatic carbocycles. The van der Waals surface area contributed by atoms with Gasteiger partial charge in [0.1, 0.15) is 6.54 Å². The Labute approximate surface area is 187 Å². The Morgan fingerprint density at radius 2 is 1.78 bits per heavy atom. The molecule has 9 nitrogen and oxygen atoms in total. The van der Waals surface area contributed by atoms with Gasteiger partial charge in [0.2, 0.25) is 15.9 Å². The van der Waals surface area contributed by atoms with Gasteiger partial charge in [-0.1, -0.05) is 48.0 Å². The Bertz CT molecular complexity index is 1230. The van der Waals surface area contributed by atoms with E-state index in [0.717, 1.165) is 16.7 Å². The molecule has 1 aromatic heterocycles. The van der Waals surface area contributed by atoms with Crippen LogP contribution >= 0.6 is 0 Å². The molecule has 3 aromatic rings. The second kappa shape index (κ2) is 8.44. The monoisotopic (exact) mass is 454 g/mol. The first kappa shape index (κ1) is 22.1. The summed E-state index contributed by atoms with van der Waals surface area (Å²) in [6.07, 6.45) is 0.979. The van der Waals surface area contributed by atoms with Gasteiger partial charge in [-0.25, -0.2) is 8.42 Å². The maximum atomic E-state index is 13.4. The summed E-state index contributed by atoms with van der Waals surface area (Å²) in [5.74, 6) is -0.0920. The molecule has 2 heterocycles. The van der Waals surface area contributed by atoms with E-state index in [1.54, 1.807) is 6.07 Å². The van der Waals surface area contributed by atoms with Gasteiger partial charge in [0.25, 0.3) is 0 Å². The number of carbonyl (C=O) groups is 1. The van der Waals surface area contributed by atoms with Crippen molar-refractivity contribution >= 4 is 15.9 Å². The molecular formula is C22H26N6O3S. The van der Waals surface area contributed by atoms with E-state index in [1.165, 1.54) is 9.10 Å². The van der Waals surface area contributed by atoms with Gasteiger partial charge in [-0.3, -0.25) is 4.79 Å². The molecule has 1 fully saturated rings. The largest absolute Gasteiger partial charge is 0.368 e. The molecule has 168 valence electrons. The predicted octanol–water partition coefficient (Wildman–Crippen LogP) is 1.55. The number of rotatable bonds is 6. The van der Waals surface area contributed by atoms with Crippen molar-refractivity contribution in [3.05, 3.63) is 71.0 Å². The fourth-order valence-corrected chi connectivity index (χ4v) is 6.02. The highest BCUT2D eigenvalue weighted by Crippen LogP contribution is 2.41. The molecule has 1 saturated heterocycles. The van der Waals surface area contributed by atoms with E-state index in [1.807, 2.05) is 56.3 Å². The van der Waals surface area contributed by atoms with E-state index < -0.39 is 21.3 Å². The molecule has 0 spiro atoms. The van der Waals surface area contributed by atoms with E-state index in [9.17, 15) is 13.2 Å². The predicted molar refractivity (Wildman–Crippen MR) is 118 cm³/mol. The molecule has 1 amide bonds. The number of primary amides is 1. The third-order valence-electron chi connectivity index (χ3n) is 6.03. The van der Waals surface area contributed by atoms with Crippen molar-refractivity contribution in [2.75, 3.05) is 13.1 Å². The third-order valence-corrected chi connectivity index (χ3v) is 8.09. The number of benzene rings is 2. The van der Waals surface area contributed by atoms with Crippen molar-refractivity contribution in [1.29, 1.82) is 0 Å². The van der Waals surface area contributed by atoms with Gasteiger partial charge in [0, 0.05) is 13.1 Å². The van der Waals surface area contributed by atoms with Crippen LogP contribution < -0.4 is 5.73 Å². The second-order valence-electron chi connectivity index (χ2n) is 8.23. The van der Waals surface area contributed by atoms with Crippen LogP contribution in [-0.2, 0) is 26.8 Å². The zero-order valence-electron chi connectivity index (χ0n) is 18.1. The van der Waals surface area contributed by atoms with Gasteiger partial charge in [0.15, 0.2) is 5.82 Å². The molecule has 1 aliphatic heterocycles. The average Bonchev–Trinajstić information content (AvgIpc) is 3.22. The Balaban J connectivity index is 1.66. The van der Waals surface area contributed by atoms with E-state index >= 15 is 0 Å². The van der Waals surface area contributed by atoms with Gasteiger partial charge in [0.05, 0.1) is 10.3 Å². The number of aromatic nitrogens is 4. The summed E-state index contributed by atoms with van der Waals surface area (Å²) >= 11 is 0. The normalized spacial score (nSPS) is 16.7. The molecule has 32 heavy (non-hydrogen) atoms. The molecule has 0 saturated carbocycles. The van der Waals surface area contributed by atoms with Crippen LogP contribution in [0.5, 0.6) is 0 Å². The van der Waals surface area contributed by atoms with Crippen molar-refractivity contribution in [2.24, 2.45) is 5.73 Å². The maximum Gasteiger partial charge on any atom is 0.243 e. The van der Waals surface area contributed by atoms with Gasteiger partial charge >= 0.3 is 0 Å². The summed E-state index contributed by atoms with van der Waals surface area (Å²) in [4.78, 5) is 12.8. The number of carbonyl (C=O) groups excluding carboxylic acids is 1. The SMILES string of the molecule is Cc1ccc(S(=O)(=O)N2CCC(c3ccccc3)(c3nnn(CC(N)=O)n3)CC2)c(C)c1. The van der Waals surface area contributed by atoms with Crippen LogP contribution in [0.4, 0.5) is 0 Å². The van der Waals surface area contributed by atoms with Crippen molar-refractivity contribution in [3.63, 3.8) is 0 Å². The molecule has 1 aliphatic rings. The summed E-state index contributed by atoms with van der Waals surface area (Å²) in [6, 6.07) is 15.1. The smallest absolute Gasteiger partial charge is 0.243 e. The van der Waals surface area contributed by atoms with E-state index in [4.69, 9.17) is 5.73 Å². The summed E-state index contributed by atoms with van der Waals surface area (Å²) in [6.45, 7) is 4.23. The standard InChI is InChI=1S/C22H26N6O3S/c1-16-8-9-19(17(2)14-16)32(30,31)27-12-10-22(11-13-27,18-6-4-3-5-7-18)21-24-26-28(25-21)15-20(23)29/h3-9,14H,10-13,15H2,1-2H3,(H2,23,29). The molecule has 0 radical (unpaired) electrons. The van der Waals surface area contributed by atoms with Crippen LogP contribution in [0.3, 0.4) is 0 Å². The lowest BCUT2D eigenvalue weighted by Crippen LogP contribution is -2.46. The molecule has 0 aliphatic carbocycles. The number of nitrogens with two attached hydrogens (primary N) is 1. The van der Waals surface area contributed by atoms with Crippen molar-refractivity contribution in [2.45, 2.75) is 43.5 Å². The molecular weight excluding hydrogens is 428 g/mol.